The van der Waals surface area contributed by atoms with E-state index in [-0.39, 0.29) is 28.0 Å². The van der Waals surface area contributed by atoms with Crippen LogP contribution in [0.2, 0.25) is 0 Å². The van der Waals surface area contributed by atoms with Gasteiger partial charge in [0.1, 0.15) is 0 Å². The van der Waals surface area contributed by atoms with Crippen molar-refractivity contribution < 1.29 is 26.7 Å². The van der Waals surface area contributed by atoms with E-state index in [1.807, 2.05) is 6.92 Å². The molecule has 0 radical (unpaired) electrons. The van der Waals surface area contributed by atoms with Crippen molar-refractivity contribution in [1.82, 2.24) is 0 Å². The molecule has 40 heavy (non-hydrogen) atoms. The van der Waals surface area contributed by atoms with Crippen LogP contribution < -0.4 is 4.74 Å². The van der Waals surface area contributed by atoms with E-state index in [2.05, 4.69) is 6.92 Å². The molecule has 5 rings (SSSR count). The van der Waals surface area contributed by atoms with Crippen molar-refractivity contribution >= 4 is 21.4 Å². The lowest BCUT2D eigenvalue weighted by atomic mass is 9.80. The molecule has 0 atom stereocenters. The number of benzene rings is 3. The number of ether oxygens (including phenoxy) is 1. The number of fused-ring (bicyclic) bond motifs is 1. The van der Waals surface area contributed by atoms with E-state index in [1.165, 1.54) is 49.9 Å². The molecule has 1 aliphatic carbocycles. The fourth-order valence-corrected chi connectivity index (χ4v) is 6.91. The lowest BCUT2D eigenvalue weighted by molar-refractivity contribution is 0.175. The largest absolute Gasteiger partial charge is 0.490 e. The Kier molecular flexibility index (Phi) is 8.79. The van der Waals surface area contributed by atoms with Gasteiger partial charge in [0.05, 0.1) is 11.3 Å². The maximum absolute atomic E-state index is 15.4. The highest BCUT2D eigenvalue weighted by molar-refractivity contribution is 7.22. The fourth-order valence-electron chi connectivity index (χ4n) is 5.81. The van der Waals surface area contributed by atoms with Crippen molar-refractivity contribution in [3.63, 3.8) is 0 Å². The lowest BCUT2D eigenvalue weighted by Crippen LogP contribution is -2.20. The van der Waals surface area contributed by atoms with Crippen LogP contribution in [0.3, 0.4) is 0 Å². The van der Waals surface area contributed by atoms with E-state index in [0.717, 1.165) is 30.1 Å². The zero-order valence-corrected chi connectivity index (χ0v) is 23.6. The molecule has 0 saturated heterocycles. The summed E-state index contributed by atoms with van der Waals surface area (Å²) in [4.78, 5) is 0.327. The third-order valence-electron chi connectivity index (χ3n) is 8.05. The number of hydrogen-bond donors (Lipinski definition) is 0. The van der Waals surface area contributed by atoms with Gasteiger partial charge >= 0.3 is 0 Å². The highest BCUT2D eigenvalue weighted by Gasteiger charge is 2.24. The van der Waals surface area contributed by atoms with Crippen molar-refractivity contribution in [2.24, 2.45) is 11.8 Å². The van der Waals surface area contributed by atoms with E-state index in [4.69, 9.17) is 4.74 Å². The van der Waals surface area contributed by atoms with Crippen LogP contribution in [0.1, 0.15) is 64.4 Å². The molecular weight excluding hydrogens is 539 g/mol. The van der Waals surface area contributed by atoms with Gasteiger partial charge in [-0.1, -0.05) is 64.2 Å². The van der Waals surface area contributed by atoms with Crippen LogP contribution >= 0.6 is 11.3 Å². The molecule has 1 saturated carbocycles. The summed E-state index contributed by atoms with van der Waals surface area (Å²) < 4.78 is 81.2. The molecule has 0 N–H and O–H groups in total. The average molecular weight is 573 g/mol. The first kappa shape index (κ1) is 28.6. The average Bonchev–Trinajstić information content (AvgIpc) is 3.39. The van der Waals surface area contributed by atoms with E-state index < -0.39 is 29.1 Å². The van der Waals surface area contributed by atoms with E-state index >= 15 is 13.2 Å². The van der Waals surface area contributed by atoms with Crippen LogP contribution in [0.4, 0.5) is 22.0 Å². The second-order valence-corrected chi connectivity index (χ2v) is 11.9. The van der Waals surface area contributed by atoms with Gasteiger partial charge in [0.15, 0.2) is 34.8 Å². The standard InChI is InChI=1S/C33H33F5OS/c1-3-5-19-7-9-20(10-8-19)18-39-26-16-12-22-17-27(40-33(22)32(26)38)25-15-14-24(30(36)31(25)37)23-13-11-21(6-4-2)28(34)29(23)35/h11-17,19-20H,3-10,18H2,1-2H3. The Morgan fingerprint density at radius 2 is 1.32 bits per heavy atom. The number of hydrogen-bond acceptors (Lipinski definition) is 2. The fraction of sp³-hybridized carbons (Fsp3) is 0.394. The molecule has 1 aliphatic rings. The molecule has 0 unspecified atom stereocenters. The molecule has 0 spiro atoms. The first-order valence-electron chi connectivity index (χ1n) is 14.1. The maximum atomic E-state index is 15.4. The minimum atomic E-state index is -1.28. The van der Waals surface area contributed by atoms with Gasteiger partial charge in [-0.3, -0.25) is 0 Å². The Balaban J connectivity index is 1.37. The summed E-state index contributed by atoms with van der Waals surface area (Å²) in [6, 6.07) is 10.1. The first-order chi connectivity index (χ1) is 19.3. The highest BCUT2D eigenvalue weighted by atomic mass is 32.1. The molecule has 212 valence electrons. The van der Waals surface area contributed by atoms with Crippen LogP contribution in [0.25, 0.3) is 31.7 Å². The first-order valence-corrected chi connectivity index (χ1v) is 14.9. The van der Waals surface area contributed by atoms with Crippen LogP contribution in [0.15, 0.2) is 42.5 Å². The van der Waals surface area contributed by atoms with Gasteiger partial charge < -0.3 is 4.74 Å². The quantitative estimate of drug-likeness (QED) is 0.181. The maximum Gasteiger partial charge on any atom is 0.182 e. The monoisotopic (exact) mass is 572 g/mol. The van der Waals surface area contributed by atoms with Gasteiger partial charge in [-0.05, 0) is 66.3 Å². The summed E-state index contributed by atoms with van der Waals surface area (Å²) in [5.41, 5.74) is -0.594. The molecule has 3 aromatic carbocycles. The molecule has 1 aromatic heterocycles. The molecule has 4 aromatic rings. The van der Waals surface area contributed by atoms with Gasteiger partial charge in [0.2, 0.25) is 0 Å². The van der Waals surface area contributed by atoms with Crippen LogP contribution in [-0.4, -0.2) is 6.61 Å². The van der Waals surface area contributed by atoms with Crippen molar-refractivity contribution in [2.45, 2.75) is 65.2 Å². The molecule has 1 nitrogen and oxygen atoms in total. The van der Waals surface area contributed by atoms with Gasteiger partial charge in [-0.15, -0.1) is 11.3 Å². The summed E-state index contributed by atoms with van der Waals surface area (Å²) >= 11 is 1.00. The number of halogens is 5. The van der Waals surface area contributed by atoms with Gasteiger partial charge in [0, 0.05) is 21.6 Å². The topological polar surface area (TPSA) is 9.23 Å². The minimum absolute atomic E-state index is 0.0726. The second-order valence-electron chi connectivity index (χ2n) is 10.8. The molecule has 1 fully saturated rings. The van der Waals surface area contributed by atoms with Gasteiger partial charge in [-0.25, -0.2) is 22.0 Å². The second kappa shape index (κ2) is 12.3. The molecule has 0 bridgehead atoms. The predicted octanol–water partition coefficient (Wildman–Crippen LogP) is 10.9. The van der Waals surface area contributed by atoms with E-state index in [1.54, 1.807) is 18.2 Å². The minimum Gasteiger partial charge on any atom is -0.490 e. The Labute approximate surface area is 236 Å². The number of aryl methyl sites for hydroxylation is 1. The SMILES string of the molecule is CCCc1ccc(-c2ccc(-c3cc4ccc(OCC5CCC(CCC)CC5)c(F)c4s3)c(F)c2F)c(F)c1F. The van der Waals surface area contributed by atoms with Crippen molar-refractivity contribution in [2.75, 3.05) is 6.61 Å². The molecule has 7 heteroatoms. The third kappa shape index (κ3) is 5.63. The number of rotatable bonds is 9. The summed E-state index contributed by atoms with van der Waals surface area (Å²) in [7, 11) is 0. The zero-order valence-electron chi connectivity index (χ0n) is 22.8. The third-order valence-corrected chi connectivity index (χ3v) is 9.22. The summed E-state index contributed by atoms with van der Waals surface area (Å²) in [6.07, 6.45) is 7.95. The smallest absolute Gasteiger partial charge is 0.182 e. The zero-order chi connectivity index (χ0) is 28.4. The summed E-state index contributed by atoms with van der Waals surface area (Å²) in [5.74, 6) is -3.92. The lowest BCUT2D eigenvalue weighted by Gasteiger charge is -2.28. The van der Waals surface area contributed by atoms with E-state index in [0.29, 0.717) is 40.3 Å². The Morgan fingerprint density at radius 3 is 2.02 bits per heavy atom. The Hall–Kier alpha value is -2.93. The van der Waals surface area contributed by atoms with Gasteiger partial charge in [0.25, 0.3) is 0 Å². The van der Waals surface area contributed by atoms with Gasteiger partial charge in [-0.2, -0.15) is 0 Å². The normalized spacial score (nSPS) is 17.5. The molecule has 1 heterocycles. The molecule has 0 amide bonds. The molecular formula is C33H33F5OS. The highest BCUT2D eigenvalue weighted by Crippen LogP contribution is 2.41. The van der Waals surface area contributed by atoms with Crippen LogP contribution in [-0.2, 0) is 6.42 Å². The predicted molar refractivity (Wildman–Crippen MR) is 152 cm³/mol. The van der Waals surface area contributed by atoms with Crippen molar-refractivity contribution in [3.05, 3.63) is 77.1 Å². The molecule has 0 aliphatic heterocycles. The van der Waals surface area contributed by atoms with Crippen LogP contribution in [0, 0.1) is 40.9 Å². The summed E-state index contributed by atoms with van der Waals surface area (Å²) in [5, 5.41) is 0.549. The number of thiophene rings is 1. The van der Waals surface area contributed by atoms with Crippen LogP contribution in [0.5, 0.6) is 5.75 Å². The Morgan fingerprint density at radius 1 is 0.700 bits per heavy atom. The van der Waals surface area contributed by atoms with Crippen molar-refractivity contribution in [3.8, 4) is 27.3 Å². The van der Waals surface area contributed by atoms with E-state index in [9.17, 15) is 8.78 Å². The van der Waals surface area contributed by atoms with Crippen molar-refractivity contribution in [1.29, 1.82) is 0 Å². The summed E-state index contributed by atoms with van der Waals surface area (Å²) in [6.45, 7) is 4.50. The Bertz CT molecular complexity index is 1500.